The van der Waals surface area contributed by atoms with Crippen LogP contribution in [0.25, 0.3) is 16.7 Å². The van der Waals surface area contributed by atoms with E-state index in [1.165, 1.54) is 11.1 Å². The van der Waals surface area contributed by atoms with Crippen LogP contribution in [0.2, 0.25) is 0 Å². The van der Waals surface area contributed by atoms with Gasteiger partial charge in [-0.15, -0.1) is 0 Å². The van der Waals surface area contributed by atoms with Gasteiger partial charge in [-0.05, 0) is 59.5 Å². The van der Waals surface area contributed by atoms with Crippen LogP contribution >= 0.6 is 0 Å². The molecule has 0 atom stereocenters. The Labute approximate surface area is 176 Å². The van der Waals surface area contributed by atoms with E-state index in [9.17, 15) is 5.26 Å². The molecule has 5 heteroatoms. The van der Waals surface area contributed by atoms with Gasteiger partial charge in [0.1, 0.15) is 11.8 Å². The van der Waals surface area contributed by atoms with Crippen molar-refractivity contribution in [3.63, 3.8) is 0 Å². The van der Waals surface area contributed by atoms with E-state index in [2.05, 4.69) is 54.5 Å². The molecule has 4 rings (SSSR count). The van der Waals surface area contributed by atoms with Gasteiger partial charge in [0.2, 0.25) is 5.82 Å². The van der Waals surface area contributed by atoms with Crippen LogP contribution in [0, 0.1) is 11.3 Å². The van der Waals surface area contributed by atoms with Gasteiger partial charge in [-0.3, -0.25) is 4.57 Å². The second-order valence-electron chi connectivity index (χ2n) is 7.53. The van der Waals surface area contributed by atoms with Gasteiger partial charge >= 0.3 is 0 Å². The first-order chi connectivity index (χ1) is 14.6. The highest BCUT2D eigenvalue weighted by Crippen LogP contribution is 2.26. The minimum absolute atomic E-state index is 0.358. The third-order valence-corrected chi connectivity index (χ3v) is 5.23. The summed E-state index contributed by atoms with van der Waals surface area (Å²) in [5.41, 5.74) is 6.08. The van der Waals surface area contributed by atoms with Crippen molar-refractivity contribution in [2.24, 2.45) is 0 Å². The van der Waals surface area contributed by atoms with Crippen LogP contribution in [0.5, 0.6) is 5.75 Å². The fourth-order valence-corrected chi connectivity index (χ4v) is 3.48. The normalized spacial score (nSPS) is 10.9. The Hall–Kier alpha value is -3.78. The van der Waals surface area contributed by atoms with Crippen molar-refractivity contribution in [3.05, 3.63) is 83.7 Å². The largest absolute Gasteiger partial charge is 0.497 e. The molecule has 1 N–H and O–H groups in total. The Morgan fingerprint density at radius 2 is 1.77 bits per heavy atom. The Bertz CT molecular complexity index is 1200. The molecule has 0 spiro atoms. The maximum absolute atomic E-state index is 9.59. The molecule has 0 saturated heterocycles. The molecule has 0 unspecified atom stereocenters. The van der Waals surface area contributed by atoms with Crippen LogP contribution < -0.4 is 10.1 Å². The summed E-state index contributed by atoms with van der Waals surface area (Å²) in [6.45, 7) is 5.13. The maximum atomic E-state index is 9.59. The number of methoxy groups -OCH3 is 1. The third-order valence-electron chi connectivity index (χ3n) is 5.23. The van der Waals surface area contributed by atoms with Crippen LogP contribution in [0.15, 0.2) is 66.7 Å². The maximum Gasteiger partial charge on any atom is 0.218 e. The van der Waals surface area contributed by atoms with Gasteiger partial charge in [0.15, 0.2) is 0 Å². The van der Waals surface area contributed by atoms with Gasteiger partial charge < -0.3 is 10.1 Å². The number of rotatable bonds is 6. The van der Waals surface area contributed by atoms with Gasteiger partial charge in [-0.1, -0.05) is 38.1 Å². The van der Waals surface area contributed by atoms with E-state index in [0.29, 0.717) is 11.7 Å². The Morgan fingerprint density at radius 3 is 2.40 bits per heavy atom. The molecule has 4 aromatic rings. The summed E-state index contributed by atoms with van der Waals surface area (Å²) in [5, 5.41) is 13.0. The number of hydrogen-bond donors (Lipinski definition) is 1. The number of anilines is 1. The van der Waals surface area contributed by atoms with Crippen molar-refractivity contribution in [2.45, 2.75) is 26.3 Å². The van der Waals surface area contributed by atoms with Gasteiger partial charge in [0.05, 0.1) is 18.1 Å². The lowest BCUT2D eigenvalue weighted by atomic mass is 10.0. The predicted octanol–water partition coefficient (Wildman–Crippen LogP) is 5.64. The summed E-state index contributed by atoms with van der Waals surface area (Å²) in [7, 11) is 1.63. The first-order valence-electron chi connectivity index (χ1n) is 9.99. The number of nitrogens with zero attached hydrogens (tertiary/aromatic N) is 3. The molecular weight excluding hydrogens is 372 g/mol. The summed E-state index contributed by atoms with van der Waals surface area (Å²) in [6.07, 6.45) is 0. The Kier molecular flexibility index (Phi) is 5.40. The molecule has 0 bridgehead atoms. The van der Waals surface area contributed by atoms with Gasteiger partial charge in [0.25, 0.3) is 0 Å². The first-order valence-corrected chi connectivity index (χ1v) is 9.99. The zero-order valence-electron chi connectivity index (χ0n) is 17.4. The highest BCUT2D eigenvalue weighted by Gasteiger charge is 2.13. The highest BCUT2D eigenvalue weighted by atomic mass is 16.5. The number of nitriles is 1. The van der Waals surface area contributed by atoms with Crippen molar-refractivity contribution < 1.29 is 4.74 Å². The fraction of sp³-hybridized carbons (Fsp3) is 0.200. The lowest BCUT2D eigenvalue weighted by molar-refractivity contribution is 0.415. The van der Waals surface area contributed by atoms with E-state index in [-0.39, 0.29) is 0 Å². The van der Waals surface area contributed by atoms with Crippen LogP contribution in [0.3, 0.4) is 0 Å². The summed E-state index contributed by atoms with van der Waals surface area (Å²) in [6, 6.07) is 24.5. The van der Waals surface area contributed by atoms with Gasteiger partial charge in [0, 0.05) is 17.9 Å². The molecule has 0 saturated carbocycles. The van der Waals surface area contributed by atoms with Crippen LogP contribution in [0.1, 0.15) is 36.7 Å². The molecule has 150 valence electrons. The molecule has 30 heavy (non-hydrogen) atoms. The summed E-state index contributed by atoms with van der Waals surface area (Å²) in [4.78, 5) is 4.53. The van der Waals surface area contributed by atoms with Gasteiger partial charge in [-0.2, -0.15) is 5.26 Å². The van der Waals surface area contributed by atoms with Crippen molar-refractivity contribution >= 4 is 16.7 Å². The van der Waals surface area contributed by atoms with E-state index >= 15 is 0 Å². The van der Waals surface area contributed by atoms with E-state index < -0.39 is 0 Å². The number of fused-ring (bicyclic) bond motifs is 1. The topological polar surface area (TPSA) is 62.9 Å². The smallest absolute Gasteiger partial charge is 0.218 e. The van der Waals surface area contributed by atoms with E-state index in [0.717, 1.165) is 34.7 Å². The molecule has 5 nitrogen and oxygen atoms in total. The highest BCUT2D eigenvalue weighted by molar-refractivity contribution is 5.82. The lowest BCUT2D eigenvalue weighted by Gasteiger charge is -2.10. The van der Waals surface area contributed by atoms with E-state index in [1.54, 1.807) is 7.11 Å². The summed E-state index contributed by atoms with van der Waals surface area (Å²) in [5.74, 6) is 1.66. The second-order valence-corrected chi connectivity index (χ2v) is 7.53. The predicted molar refractivity (Wildman–Crippen MR) is 120 cm³/mol. The molecular formula is C25H24N4O. The molecule has 1 heterocycles. The first kappa shape index (κ1) is 19.5. The molecule has 1 aromatic heterocycles. The van der Waals surface area contributed by atoms with E-state index in [4.69, 9.17) is 4.74 Å². The Balaban J connectivity index is 1.59. The average Bonchev–Trinajstić information content (AvgIpc) is 3.16. The van der Waals surface area contributed by atoms with Crippen molar-refractivity contribution in [2.75, 3.05) is 12.4 Å². The number of nitrogens with one attached hydrogen (secondary N) is 1. The van der Waals surface area contributed by atoms with Crippen LogP contribution in [-0.4, -0.2) is 16.7 Å². The molecule has 0 aliphatic rings. The fourth-order valence-electron chi connectivity index (χ4n) is 3.48. The standard InChI is InChI=1S/C25H24N4O/c1-17(2)19-6-4-18(5-7-19)16-27-20-8-13-24-23(14-20)28-25(15-26)29(24)21-9-11-22(30-3)12-10-21/h4-14,17,27H,16H2,1-3H3. The van der Waals surface area contributed by atoms with Gasteiger partial charge in [-0.25, -0.2) is 4.98 Å². The molecule has 0 aliphatic carbocycles. The number of hydrogen-bond acceptors (Lipinski definition) is 4. The second kappa shape index (κ2) is 8.30. The third kappa shape index (κ3) is 3.85. The SMILES string of the molecule is COc1ccc(-n2c(C#N)nc3cc(NCc4ccc(C(C)C)cc4)ccc32)cc1. The van der Waals surface area contributed by atoms with Crippen LogP contribution in [0.4, 0.5) is 5.69 Å². The lowest BCUT2D eigenvalue weighted by Crippen LogP contribution is -2.00. The number of aromatic nitrogens is 2. The number of imidazole rings is 1. The molecule has 0 fully saturated rings. The molecule has 3 aromatic carbocycles. The zero-order valence-corrected chi connectivity index (χ0v) is 17.4. The monoisotopic (exact) mass is 396 g/mol. The van der Waals surface area contributed by atoms with Crippen molar-refractivity contribution in [1.29, 1.82) is 5.26 Å². The minimum Gasteiger partial charge on any atom is -0.497 e. The summed E-state index contributed by atoms with van der Waals surface area (Å²) < 4.78 is 7.09. The molecule has 0 radical (unpaired) electrons. The van der Waals surface area contributed by atoms with E-state index in [1.807, 2.05) is 47.0 Å². The quantitative estimate of drug-likeness (QED) is 0.458. The average molecular weight is 396 g/mol. The molecule has 0 amide bonds. The zero-order chi connectivity index (χ0) is 21.1. The van der Waals surface area contributed by atoms with Crippen LogP contribution in [-0.2, 0) is 6.54 Å². The Morgan fingerprint density at radius 1 is 1.03 bits per heavy atom. The molecule has 0 aliphatic heterocycles. The van der Waals surface area contributed by atoms with Crippen molar-refractivity contribution in [3.8, 4) is 17.5 Å². The van der Waals surface area contributed by atoms with Crippen molar-refractivity contribution in [1.82, 2.24) is 9.55 Å². The number of benzene rings is 3. The number of ether oxygens (including phenoxy) is 1. The summed E-state index contributed by atoms with van der Waals surface area (Å²) >= 11 is 0. The minimum atomic E-state index is 0.358.